The van der Waals surface area contributed by atoms with Crippen molar-refractivity contribution < 1.29 is 4.48 Å². The summed E-state index contributed by atoms with van der Waals surface area (Å²) in [6.45, 7) is 8.04. The summed E-state index contributed by atoms with van der Waals surface area (Å²) < 4.78 is 0.985. The van der Waals surface area contributed by atoms with Crippen LogP contribution in [0.1, 0.15) is 13.8 Å². The van der Waals surface area contributed by atoms with E-state index < -0.39 is 0 Å². The molecule has 0 amide bonds. The Hall–Kier alpha value is -0.730. The van der Waals surface area contributed by atoms with E-state index >= 15 is 0 Å². The first kappa shape index (κ1) is 10.3. The van der Waals surface area contributed by atoms with Crippen LogP contribution in [0, 0.1) is 0 Å². The lowest BCUT2D eigenvalue weighted by Crippen LogP contribution is -2.45. The molecule has 0 saturated carbocycles. The second-order valence-corrected chi connectivity index (χ2v) is 2.93. The summed E-state index contributed by atoms with van der Waals surface area (Å²) in [6, 6.07) is 0. The van der Waals surface area contributed by atoms with Crippen LogP contribution in [0.5, 0.6) is 0 Å². The van der Waals surface area contributed by atoms with Crippen LogP contribution in [0.25, 0.3) is 10.4 Å². The van der Waals surface area contributed by atoms with E-state index in [0.29, 0.717) is 6.54 Å². The Bertz CT molecular complexity index is 145. The van der Waals surface area contributed by atoms with E-state index in [1.807, 2.05) is 0 Å². The fourth-order valence-corrected chi connectivity index (χ4v) is 0.871. The van der Waals surface area contributed by atoms with Crippen molar-refractivity contribution in [2.45, 2.75) is 13.8 Å². The summed E-state index contributed by atoms with van der Waals surface area (Å²) in [5, 5.41) is 3.52. The molecule has 0 aliphatic rings. The van der Waals surface area contributed by atoms with Gasteiger partial charge in [-0.15, -0.1) is 0 Å². The summed E-state index contributed by atoms with van der Waals surface area (Å²) in [5.74, 6) is 0. The summed E-state index contributed by atoms with van der Waals surface area (Å²) in [4.78, 5) is 2.72. The highest BCUT2D eigenvalue weighted by atomic mass is 15.3. The van der Waals surface area contributed by atoms with Gasteiger partial charge in [0.1, 0.15) is 0 Å². The topological polar surface area (TPSA) is 48.8 Å². The Morgan fingerprint density at radius 3 is 2.27 bits per heavy atom. The molecule has 0 aromatic carbocycles. The smallest absolute Gasteiger partial charge is 0.0841 e. The fourth-order valence-electron chi connectivity index (χ4n) is 0.871. The maximum atomic E-state index is 8.06. The Balaban J connectivity index is 3.77. The van der Waals surface area contributed by atoms with Gasteiger partial charge < -0.3 is 4.48 Å². The van der Waals surface area contributed by atoms with E-state index in [9.17, 15) is 0 Å². The fraction of sp³-hybridized carbons (Fsp3) is 1.00. The zero-order valence-electron chi connectivity index (χ0n) is 7.62. The van der Waals surface area contributed by atoms with Crippen molar-refractivity contribution in [2.24, 2.45) is 5.11 Å². The van der Waals surface area contributed by atoms with Gasteiger partial charge in [-0.3, -0.25) is 0 Å². The zero-order chi connectivity index (χ0) is 8.74. The molecule has 0 rings (SSSR count). The molecule has 0 unspecified atom stereocenters. The molecule has 0 bridgehead atoms. The largest absolute Gasteiger partial charge is 0.326 e. The van der Waals surface area contributed by atoms with Gasteiger partial charge in [0.25, 0.3) is 0 Å². The minimum Gasteiger partial charge on any atom is -0.326 e. The van der Waals surface area contributed by atoms with Gasteiger partial charge in [0, 0.05) is 4.91 Å². The lowest BCUT2D eigenvalue weighted by Gasteiger charge is -2.31. The summed E-state index contributed by atoms with van der Waals surface area (Å²) in [7, 11) is 2.17. The molecule has 0 atom stereocenters. The molecule has 0 aliphatic heterocycles. The SMILES string of the molecule is CC[N+](C)(CC)CCN=[N+]=[N-]. The van der Waals surface area contributed by atoms with Crippen molar-refractivity contribution in [3.05, 3.63) is 10.4 Å². The third-order valence-electron chi connectivity index (χ3n) is 2.33. The summed E-state index contributed by atoms with van der Waals surface area (Å²) in [6.07, 6.45) is 0. The van der Waals surface area contributed by atoms with E-state index in [0.717, 1.165) is 24.1 Å². The number of likely N-dealkylation sites (N-methyl/N-ethyl adjacent to an activating group) is 1. The molecule has 0 fully saturated rings. The monoisotopic (exact) mass is 157 g/mol. The van der Waals surface area contributed by atoms with Crippen LogP contribution in [-0.2, 0) is 0 Å². The zero-order valence-corrected chi connectivity index (χ0v) is 7.62. The van der Waals surface area contributed by atoms with Crippen LogP contribution in [0.4, 0.5) is 0 Å². The number of hydrogen-bond acceptors (Lipinski definition) is 1. The highest BCUT2D eigenvalue weighted by Crippen LogP contribution is 1.99. The Labute approximate surface area is 68.0 Å². The number of azide groups is 1. The number of rotatable bonds is 5. The van der Waals surface area contributed by atoms with Gasteiger partial charge in [0.15, 0.2) is 0 Å². The Morgan fingerprint density at radius 1 is 1.36 bits per heavy atom. The average molecular weight is 157 g/mol. The Morgan fingerprint density at radius 2 is 1.91 bits per heavy atom. The van der Waals surface area contributed by atoms with Crippen molar-refractivity contribution in [2.75, 3.05) is 33.2 Å². The lowest BCUT2D eigenvalue weighted by molar-refractivity contribution is -0.904. The molecular weight excluding hydrogens is 140 g/mol. The van der Waals surface area contributed by atoms with E-state index in [4.69, 9.17) is 5.53 Å². The van der Waals surface area contributed by atoms with Gasteiger partial charge in [-0.05, 0) is 19.4 Å². The second-order valence-electron chi connectivity index (χ2n) is 2.93. The van der Waals surface area contributed by atoms with Gasteiger partial charge in [-0.25, -0.2) is 0 Å². The van der Waals surface area contributed by atoms with E-state index in [1.165, 1.54) is 0 Å². The van der Waals surface area contributed by atoms with Crippen LogP contribution in [-0.4, -0.2) is 37.7 Å². The molecule has 0 heterocycles. The van der Waals surface area contributed by atoms with Gasteiger partial charge in [-0.2, -0.15) is 0 Å². The van der Waals surface area contributed by atoms with Gasteiger partial charge >= 0.3 is 0 Å². The van der Waals surface area contributed by atoms with Crippen LogP contribution < -0.4 is 0 Å². The molecule has 0 radical (unpaired) electrons. The van der Waals surface area contributed by atoms with Gasteiger partial charge in [0.05, 0.1) is 33.2 Å². The molecular formula is C7H17N4+. The van der Waals surface area contributed by atoms with Gasteiger partial charge in [0.2, 0.25) is 0 Å². The average Bonchev–Trinajstić information content (AvgIpc) is 2.05. The molecule has 0 N–H and O–H groups in total. The molecule has 0 spiro atoms. The summed E-state index contributed by atoms with van der Waals surface area (Å²) >= 11 is 0. The molecule has 64 valence electrons. The predicted octanol–water partition coefficient (Wildman–Crippen LogP) is 1.78. The lowest BCUT2D eigenvalue weighted by atomic mass is 10.4. The molecule has 11 heavy (non-hydrogen) atoms. The number of quaternary nitrogens is 1. The first-order valence-electron chi connectivity index (χ1n) is 4.03. The highest BCUT2D eigenvalue weighted by molar-refractivity contribution is 4.45. The molecule has 4 heteroatoms. The maximum absolute atomic E-state index is 8.06. The van der Waals surface area contributed by atoms with Crippen molar-refractivity contribution >= 4 is 0 Å². The van der Waals surface area contributed by atoms with Crippen molar-refractivity contribution in [3.63, 3.8) is 0 Å². The van der Waals surface area contributed by atoms with Crippen LogP contribution in [0.15, 0.2) is 5.11 Å². The minimum absolute atomic E-state index is 0.606. The van der Waals surface area contributed by atoms with Crippen molar-refractivity contribution in [1.82, 2.24) is 0 Å². The van der Waals surface area contributed by atoms with Crippen LogP contribution in [0.2, 0.25) is 0 Å². The predicted molar refractivity (Wildman–Crippen MR) is 46.1 cm³/mol. The second kappa shape index (κ2) is 4.99. The molecule has 4 nitrogen and oxygen atoms in total. The molecule has 0 aliphatic carbocycles. The molecule has 0 saturated heterocycles. The highest BCUT2D eigenvalue weighted by Gasteiger charge is 2.14. The van der Waals surface area contributed by atoms with Gasteiger partial charge in [-0.1, -0.05) is 5.11 Å². The van der Waals surface area contributed by atoms with E-state index in [2.05, 4.69) is 30.9 Å². The van der Waals surface area contributed by atoms with Crippen molar-refractivity contribution in [1.29, 1.82) is 0 Å². The van der Waals surface area contributed by atoms with Crippen molar-refractivity contribution in [3.8, 4) is 0 Å². The minimum atomic E-state index is 0.606. The quantitative estimate of drug-likeness (QED) is 0.253. The number of hydrogen-bond donors (Lipinski definition) is 0. The normalized spacial score (nSPS) is 10.8. The maximum Gasteiger partial charge on any atom is 0.0841 e. The molecule has 0 aromatic rings. The Kier molecular flexibility index (Phi) is 4.66. The first-order chi connectivity index (χ1) is 5.18. The summed E-state index contributed by atoms with van der Waals surface area (Å²) in [5.41, 5.74) is 8.06. The van der Waals surface area contributed by atoms with E-state index in [-0.39, 0.29) is 0 Å². The van der Waals surface area contributed by atoms with Crippen LogP contribution >= 0.6 is 0 Å². The molecule has 0 aromatic heterocycles. The third-order valence-corrected chi connectivity index (χ3v) is 2.33. The van der Waals surface area contributed by atoms with E-state index in [1.54, 1.807) is 0 Å². The standard InChI is InChI=1S/C7H17N4/c1-4-11(3,5-2)7-6-9-10-8/h4-7H2,1-3H3/q+1. The third kappa shape index (κ3) is 3.86. The number of nitrogens with zero attached hydrogens (tertiary/aromatic N) is 4. The first-order valence-corrected chi connectivity index (χ1v) is 4.03. The van der Waals surface area contributed by atoms with Crippen LogP contribution in [0.3, 0.4) is 0 Å².